The van der Waals surface area contributed by atoms with Gasteiger partial charge in [0.1, 0.15) is 19.8 Å². The van der Waals surface area contributed by atoms with E-state index in [1.165, 1.54) is 57.8 Å². The van der Waals surface area contributed by atoms with Crippen molar-refractivity contribution in [2.45, 2.75) is 161 Å². The molecule has 0 saturated carbocycles. The topological polar surface area (TPSA) is 111 Å². The molecule has 0 amide bonds. The Labute approximate surface area is 294 Å². The molecule has 10 heteroatoms. The standard InChI is InChI=1S/C38H72NO8P/c1-6-8-10-12-14-16-18-19-20-21-23-25-27-29-31-38(41)47-36(35-46-48(42,43)45-33-32-39(3,4)5)34-44-37(40)30-28-26-24-22-17-15-13-11-9-7-2/h12,14,18-19,36H,6-11,13,15-17,20-35H2,1-5H3/b14-12-,19-18-. The van der Waals surface area contributed by atoms with Crippen molar-refractivity contribution in [1.29, 1.82) is 0 Å². The van der Waals surface area contributed by atoms with E-state index in [0.29, 0.717) is 17.4 Å². The number of nitrogens with zero attached hydrogens (tertiary/aromatic N) is 1. The van der Waals surface area contributed by atoms with Gasteiger partial charge in [-0.3, -0.25) is 14.2 Å². The Balaban J connectivity index is 4.47. The molecule has 0 heterocycles. The SMILES string of the molecule is CCCC/C=C\C/C=C\CCCCCCCC(=O)OC(COC(=O)CCCCCCCCCCCC)COP(=O)([O-])OCC[N+](C)(C)C. The van der Waals surface area contributed by atoms with Crippen LogP contribution in [0.25, 0.3) is 0 Å². The maximum Gasteiger partial charge on any atom is 0.306 e. The van der Waals surface area contributed by atoms with Gasteiger partial charge in [-0.15, -0.1) is 0 Å². The number of phosphoric ester groups is 1. The number of carbonyl (C=O) groups is 2. The molecule has 0 aromatic carbocycles. The van der Waals surface area contributed by atoms with Crippen LogP contribution in [0, 0.1) is 0 Å². The third-order valence-electron chi connectivity index (χ3n) is 7.97. The summed E-state index contributed by atoms with van der Waals surface area (Å²) in [6.45, 7) is 4.14. The summed E-state index contributed by atoms with van der Waals surface area (Å²) in [5, 5.41) is 0. The van der Waals surface area contributed by atoms with Gasteiger partial charge in [0.15, 0.2) is 6.10 Å². The molecule has 48 heavy (non-hydrogen) atoms. The highest BCUT2D eigenvalue weighted by atomic mass is 31.2. The Morgan fingerprint density at radius 1 is 0.646 bits per heavy atom. The normalized spacial score (nSPS) is 14.0. The Kier molecular flexibility index (Phi) is 30.5. The van der Waals surface area contributed by atoms with E-state index in [2.05, 4.69) is 38.2 Å². The third-order valence-corrected chi connectivity index (χ3v) is 8.94. The Bertz CT molecular complexity index is 886. The summed E-state index contributed by atoms with van der Waals surface area (Å²) >= 11 is 0. The number of carbonyl (C=O) groups excluding carboxylic acids is 2. The molecule has 0 saturated heterocycles. The predicted molar refractivity (Wildman–Crippen MR) is 194 cm³/mol. The van der Waals surface area contributed by atoms with E-state index >= 15 is 0 Å². The van der Waals surface area contributed by atoms with Crippen molar-refractivity contribution in [3.63, 3.8) is 0 Å². The lowest BCUT2D eigenvalue weighted by Gasteiger charge is -2.28. The van der Waals surface area contributed by atoms with Crippen molar-refractivity contribution >= 4 is 19.8 Å². The fraction of sp³-hybridized carbons (Fsp3) is 0.842. The van der Waals surface area contributed by atoms with Gasteiger partial charge in [0, 0.05) is 12.8 Å². The van der Waals surface area contributed by atoms with Crippen LogP contribution in [-0.2, 0) is 32.7 Å². The minimum absolute atomic E-state index is 0.0324. The van der Waals surface area contributed by atoms with Crippen LogP contribution in [0.5, 0.6) is 0 Å². The van der Waals surface area contributed by atoms with Crippen LogP contribution in [0.2, 0.25) is 0 Å². The summed E-state index contributed by atoms with van der Waals surface area (Å²) in [4.78, 5) is 37.3. The van der Waals surface area contributed by atoms with Gasteiger partial charge in [0.2, 0.25) is 0 Å². The van der Waals surface area contributed by atoms with E-state index in [9.17, 15) is 19.0 Å². The molecule has 0 fully saturated rings. The van der Waals surface area contributed by atoms with Crippen LogP contribution in [0.3, 0.4) is 0 Å². The number of unbranched alkanes of at least 4 members (excludes halogenated alkanes) is 16. The molecule has 0 radical (unpaired) electrons. The number of esters is 2. The number of hydrogen-bond donors (Lipinski definition) is 0. The zero-order chi connectivity index (χ0) is 35.8. The van der Waals surface area contributed by atoms with E-state index in [1.54, 1.807) is 0 Å². The summed E-state index contributed by atoms with van der Waals surface area (Å²) in [5.41, 5.74) is 0. The molecular weight excluding hydrogens is 629 g/mol. The third kappa shape index (κ3) is 34.4. The number of ether oxygens (including phenoxy) is 2. The van der Waals surface area contributed by atoms with Gasteiger partial charge in [-0.2, -0.15) is 0 Å². The van der Waals surface area contributed by atoms with Gasteiger partial charge in [0.05, 0.1) is 27.7 Å². The summed E-state index contributed by atoms with van der Waals surface area (Å²) in [6, 6.07) is 0. The minimum atomic E-state index is -4.62. The fourth-order valence-corrected chi connectivity index (χ4v) is 5.63. The number of phosphoric acid groups is 1. The molecule has 0 aliphatic rings. The van der Waals surface area contributed by atoms with Gasteiger partial charge in [-0.1, -0.05) is 128 Å². The largest absolute Gasteiger partial charge is 0.756 e. The highest BCUT2D eigenvalue weighted by molar-refractivity contribution is 7.45. The van der Waals surface area contributed by atoms with Crippen molar-refractivity contribution in [2.75, 3.05) is 47.5 Å². The van der Waals surface area contributed by atoms with E-state index in [1.807, 2.05) is 21.1 Å². The van der Waals surface area contributed by atoms with Crippen LogP contribution >= 0.6 is 7.82 Å². The van der Waals surface area contributed by atoms with Crippen LogP contribution in [0.1, 0.15) is 155 Å². The molecule has 9 nitrogen and oxygen atoms in total. The first-order valence-corrected chi connectivity index (χ1v) is 20.5. The van der Waals surface area contributed by atoms with Crippen molar-refractivity contribution in [3.8, 4) is 0 Å². The maximum absolute atomic E-state index is 12.6. The molecule has 0 bridgehead atoms. The summed E-state index contributed by atoms with van der Waals surface area (Å²) in [6.07, 6.45) is 30.6. The van der Waals surface area contributed by atoms with Crippen LogP contribution in [-0.4, -0.2) is 70.0 Å². The zero-order valence-electron chi connectivity index (χ0n) is 31.4. The first kappa shape index (κ1) is 46.5. The second kappa shape index (κ2) is 31.5. The van der Waals surface area contributed by atoms with Crippen LogP contribution < -0.4 is 4.89 Å². The number of hydrogen-bond acceptors (Lipinski definition) is 8. The highest BCUT2D eigenvalue weighted by Gasteiger charge is 2.21. The Morgan fingerprint density at radius 3 is 1.71 bits per heavy atom. The lowest BCUT2D eigenvalue weighted by atomic mass is 10.1. The lowest BCUT2D eigenvalue weighted by molar-refractivity contribution is -0.870. The van der Waals surface area contributed by atoms with Gasteiger partial charge in [0.25, 0.3) is 7.82 Å². The number of quaternary nitrogens is 1. The van der Waals surface area contributed by atoms with Gasteiger partial charge >= 0.3 is 11.9 Å². The second-order valence-electron chi connectivity index (χ2n) is 13.9. The Hall–Kier alpha value is -1.51. The molecule has 282 valence electrons. The molecule has 0 aromatic heterocycles. The minimum Gasteiger partial charge on any atom is -0.756 e. The van der Waals surface area contributed by atoms with Crippen LogP contribution in [0.15, 0.2) is 24.3 Å². The van der Waals surface area contributed by atoms with Gasteiger partial charge in [-0.25, -0.2) is 0 Å². The molecule has 0 spiro atoms. The monoisotopic (exact) mass is 701 g/mol. The van der Waals surface area contributed by atoms with E-state index in [-0.39, 0.29) is 26.1 Å². The second-order valence-corrected chi connectivity index (χ2v) is 15.4. The first-order chi connectivity index (χ1) is 23.0. The van der Waals surface area contributed by atoms with E-state index < -0.39 is 32.5 Å². The zero-order valence-corrected chi connectivity index (χ0v) is 32.3. The van der Waals surface area contributed by atoms with E-state index in [0.717, 1.165) is 64.2 Å². The molecule has 2 atom stereocenters. The smallest absolute Gasteiger partial charge is 0.306 e. The number of rotatable bonds is 34. The average molecular weight is 702 g/mol. The van der Waals surface area contributed by atoms with Gasteiger partial charge < -0.3 is 27.9 Å². The molecule has 0 N–H and O–H groups in total. The summed E-state index contributed by atoms with van der Waals surface area (Å²) in [7, 11) is 1.16. The number of allylic oxidation sites excluding steroid dienone is 4. The predicted octanol–water partition coefficient (Wildman–Crippen LogP) is 9.38. The fourth-order valence-electron chi connectivity index (χ4n) is 4.90. The summed E-state index contributed by atoms with van der Waals surface area (Å²) < 4.78 is 33.7. The van der Waals surface area contributed by atoms with Gasteiger partial charge in [-0.05, 0) is 38.5 Å². The quantitative estimate of drug-likeness (QED) is 0.0215. The van der Waals surface area contributed by atoms with Crippen molar-refractivity contribution in [3.05, 3.63) is 24.3 Å². The average Bonchev–Trinajstić information content (AvgIpc) is 3.02. The van der Waals surface area contributed by atoms with Crippen molar-refractivity contribution in [2.24, 2.45) is 0 Å². The Morgan fingerprint density at radius 2 is 1.15 bits per heavy atom. The molecule has 0 aromatic rings. The first-order valence-electron chi connectivity index (χ1n) is 19.0. The van der Waals surface area contributed by atoms with Crippen LogP contribution in [0.4, 0.5) is 0 Å². The van der Waals surface area contributed by atoms with Crippen molar-refractivity contribution < 1.29 is 42.1 Å². The molecule has 0 rings (SSSR count). The van der Waals surface area contributed by atoms with Crippen molar-refractivity contribution in [1.82, 2.24) is 0 Å². The maximum atomic E-state index is 12.6. The molecular formula is C38H72NO8P. The lowest BCUT2D eigenvalue weighted by Crippen LogP contribution is -2.37. The van der Waals surface area contributed by atoms with E-state index in [4.69, 9.17) is 18.5 Å². The molecule has 0 aliphatic heterocycles. The highest BCUT2D eigenvalue weighted by Crippen LogP contribution is 2.38. The summed E-state index contributed by atoms with van der Waals surface area (Å²) in [5.74, 6) is -0.852. The molecule has 2 unspecified atom stereocenters. The number of likely N-dealkylation sites (N-methyl/N-ethyl adjacent to an activating group) is 1. The molecule has 0 aliphatic carbocycles.